The van der Waals surface area contributed by atoms with Gasteiger partial charge in [0.1, 0.15) is 5.82 Å². The third kappa shape index (κ3) is 3.60. The topological polar surface area (TPSA) is 36.3 Å². The lowest BCUT2D eigenvalue weighted by Crippen LogP contribution is -1.99. The molecule has 0 N–H and O–H groups in total. The van der Waals surface area contributed by atoms with Gasteiger partial charge >= 0.3 is 0 Å². The van der Waals surface area contributed by atoms with Gasteiger partial charge in [0.15, 0.2) is 11.5 Å². The number of aromatic nitrogens is 2. The van der Waals surface area contributed by atoms with E-state index in [1.54, 1.807) is 14.2 Å². The molecular weight excluding hydrogens is 568 g/mol. The molecule has 0 bridgehead atoms. The summed E-state index contributed by atoms with van der Waals surface area (Å²) in [4.78, 5) is 5.27. The van der Waals surface area contributed by atoms with Gasteiger partial charge in [0, 0.05) is 31.0 Å². The highest BCUT2D eigenvalue weighted by atomic mass is 79.9. The Morgan fingerprint density at radius 1 is 0.657 bits per heavy atom. The summed E-state index contributed by atoms with van der Waals surface area (Å²) in [6.45, 7) is 0. The lowest BCUT2D eigenvalue weighted by molar-refractivity contribution is 0.355. The number of halogens is 2. The summed E-state index contributed by atoms with van der Waals surface area (Å²) in [7, 11) is 3.29. The molecular formula is C29H20Br2N2O2. The summed E-state index contributed by atoms with van der Waals surface area (Å²) in [5.41, 5.74) is 3.98. The smallest absolute Gasteiger partial charge is 0.161 e. The van der Waals surface area contributed by atoms with Crippen LogP contribution in [0.15, 0.2) is 93.9 Å². The molecule has 0 aliphatic rings. The van der Waals surface area contributed by atoms with Gasteiger partial charge in [-0.2, -0.15) is 0 Å². The second-order valence-electron chi connectivity index (χ2n) is 8.25. The van der Waals surface area contributed by atoms with Crippen LogP contribution < -0.4 is 9.47 Å². The molecule has 0 fully saturated rings. The van der Waals surface area contributed by atoms with Crippen LogP contribution in [0.3, 0.4) is 0 Å². The van der Waals surface area contributed by atoms with Gasteiger partial charge in [0.05, 0.1) is 25.3 Å². The lowest BCUT2D eigenvalue weighted by Gasteiger charge is -2.14. The predicted molar refractivity (Wildman–Crippen MR) is 150 cm³/mol. The Bertz CT molecular complexity index is 1740. The molecule has 1 heterocycles. The predicted octanol–water partition coefficient (Wildman–Crippen LogP) is 8.54. The minimum absolute atomic E-state index is 0.664. The number of imidazole rings is 1. The number of nitrogens with zero attached hydrogens (tertiary/aromatic N) is 2. The van der Waals surface area contributed by atoms with Crippen LogP contribution in [0.25, 0.3) is 49.7 Å². The minimum Gasteiger partial charge on any atom is -0.493 e. The van der Waals surface area contributed by atoms with Crippen LogP contribution in [0.2, 0.25) is 0 Å². The molecule has 0 saturated heterocycles. The van der Waals surface area contributed by atoms with Crippen LogP contribution in [0.5, 0.6) is 11.5 Å². The van der Waals surface area contributed by atoms with Crippen molar-refractivity contribution in [2.45, 2.75) is 0 Å². The number of fused-ring (bicyclic) bond motifs is 6. The average Bonchev–Trinajstić information content (AvgIpc) is 3.30. The molecule has 1 aromatic heterocycles. The monoisotopic (exact) mass is 586 g/mol. The Morgan fingerprint density at radius 2 is 1.31 bits per heavy atom. The lowest BCUT2D eigenvalue weighted by atomic mass is 10.00. The van der Waals surface area contributed by atoms with Crippen molar-refractivity contribution in [3.63, 3.8) is 0 Å². The summed E-state index contributed by atoms with van der Waals surface area (Å²) < 4.78 is 15.4. The van der Waals surface area contributed by atoms with E-state index in [0.717, 1.165) is 47.8 Å². The second kappa shape index (κ2) is 8.70. The fourth-order valence-electron chi connectivity index (χ4n) is 4.75. The number of ether oxygens (including phenoxy) is 2. The average molecular weight is 588 g/mol. The molecule has 6 rings (SSSR count). The highest BCUT2D eigenvalue weighted by Gasteiger charge is 2.21. The van der Waals surface area contributed by atoms with Crippen molar-refractivity contribution in [3.05, 3.63) is 93.9 Å². The van der Waals surface area contributed by atoms with Crippen molar-refractivity contribution in [2.75, 3.05) is 14.2 Å². The summed E-state index contributed by atoms with van der Waals surface area (Å²) in [5.74, 6) is 2.18. The molecule has 0 saturated carbocycles. The van der Waals surface area contributed by atoms with Crippen molar-refractivity contribution in [1.29, 1.82) is 0 Å². The summed E-state index contributed by atoms with van der Waals surface area (Å²) in [6, 6.07) is 29.1. The molecule has 0 aliphatic heterocycles. The van der Waals surface area contributed by atoms with E-state index >= 15 is 0 Å². The van der Waals surface area contributed by atoms with E-state index in [1.165, 1.54) is 10.8 Å². The van der Waals surface area contributed by atoms with Gasteiger partial charge in [-0.25, -0.2) is 4.98 Å². The van der Waals surface area contributed by atoms with Gasteiger partial charge in [-0.15, -0.1) is 0 Å². The molecule has 0 spiro atoms. The largest absolute Gasteiger partial charge is 0.493 e. The summed E-state index contributed by atoms with van der Waals surface area (Å²) in [5, 5.41) is 4.58. The maximum atomic E-state index is 5.62. The van der Waals surface area contributed by atoms with E-state index in [4.69, 9.17) is 14.5 Å². The Labute approximate surface area is 219 Å². The third-order valence-corrected chi connectivity index (χ3v) is 7.28. The van der Waals surface area contributed by atoms with Crippen LogP contribution in [0, 0.1) is 0 Å². The van der Waals surface area contributed by atoms with Gasteiger partial charge in [-0.05, 0) is 65.4 Å². The van der Waals surface area contributed by atoms with Gasteiger partial charge in [0.2, 0.25) is 0 Å². The zero-order chi connectivity index (χ0) is 24.1. The maximum absolute atomic E-state index is 5.62. The number of benzene rings is 5. The van der Waals surface area contributed by atoms with Crippen LogP contribution in [0.4, 0.5) is 0 Å². The Kier molecular flexibility index (Phi) is 5.50. The number of methoxy groups -OCH3 is 2. The van der Waals surface area contributed by atoms with Crippen molar-refractivity contribution < 1.29 is 9.47 Å². The first-order valence-corrected chi connectivity index (χ1v) is 12.7. The number of hydrogen-bond donors (Lipinski definition) is 0. The van der Waals surface area contributed by atoms with Gasteiger partial charge in [0.25, 0.3) is 0 Å². The molecule has 35 heavy (non-hydrogen) atoms. The standard InChI is InChI=1S/C29H20Br2N2O2/c1-34-25-13-8-17(14-26(25)35-2)29-32-27-23-15-18(30)9-11-21(23)22-12-10-19(31)16-24(22)28(27)33(29)20-6-4-3-5-7-20/h3-16H,1-2H3. The van der Waals surface area contributed by atoms with Crippen LogP contribution in [0.1, 0.15) is 0 Å². The van der Waals surface area contributed by atoms with E-state index in [9.17, 15) is 0 Å². The van der Waals surface area contributed by atoms with Gasteiger partial charge in [-0.3, -0.25) is 4.57 Å². The second-order valence-corrected chi connectivity index (χ2v) is 10.1. The Balaban J connectivity index is 1.84. The number of rotatable bonds is 4. The minimum atomic E-state index is 0.664. The number of para-hydroxylation sites is 1. The fourth-order valence-corrected chi connectivity index (χ4v) is 5.47. The summed E-state index contributed by atoms with van der Waals surface area (Å²) in [6.07, 6.45) is 0. The molecule has 0 radical (unpaired) electrons. The van der Waals surface area contributed by atoms with Crippen LogP contribution in [-0.2, 0) is 0 Å². The SMILES string of the molecule is COc1ccc(-c2nc3c4cc(Br)ccc4c4ccc(Br)cc4c3n2-c2ccccc2)cc1OC. The normalized spacial score (nSPS) is 11.4. The first kappa shape index (κ1) is 22.1. The molecule has 0 unspecified atom stereocenters. The van der Waals surface area contributed by atoms with Crippen molar-refractivity contribution >= 4 is 64.4 Å². The van der Waals surface area contributed by atoms with Crippen molar-refractivity contribution in [2.24, 2.45) is 0 Å². The number of hydrogen-bond acceptors (Lipinski definition) is 3. The van der Waals surface area contributed by atoms with E-state index in [-0.39, 0.29) is 0 Å². The Morgan fingerprint density at radius 3 is 2.00 bits per heavy atom. The van der Waals surface area contributed by atoms with Gasteiger partial charge < -0.3 is 9.47 Å². The van der Waals surface area contributed by atoms with Crippen LogP contribution in [-0.4, -0.2) is 23.8 Å². The molecule has 0 atom stereocenters. The highest BCUT2D eigenvalue weighted by molar-refractivity contribution is 9.10. The molecule has 6 heteroatoms. The molecule has 4 nitrogen and oxygen atoms in total. The van der Waals surface area contributed by atoms with E-state index in [0.29, 0.717) is 11.5 Å². The van der Waals surface area contributed by atoms with Crippen molar-refractivity contribution in [3.8, 4) is 28.6 Å². The van der Waals surface area contributed by atoms with Gasteiger partial charge in [-0.1, -0.05) is 62.2 Å². The molecule has 0 amide bonds. The zero-order valence-electron chi connectivity index (χ0n) is 19.0. The van der Waals surface area contributed by atoms with Crippen LogP contribution >= 0.6 is 31.9 Å². The first-order chi connectivity index (χ1) is 17.1. The highest BCUT2D eigenvalue weighted by Crippen LogP contribution is 2.41. The molecule has 172 valence electrons. The van der Waals surface area contributed by atoms with Crippen molar-refractivity contribution in [1.82, 2.24) is 9.55 Å². The third-order valence-electron chi connectivity index (χ3n) is 6.30. The molecule has 5 aromatic carbocycles. The molecule has 0 aliphatic carbocycles. The quantitative estimate of drug-likeness (QED) is 0.194. The van der Waals surface area contributed by atoms with E-state index in [1.807, 2.05) is 24.3 Å². The first-order valence-electron chi connectivity index (χ1n) is 11.1. The van der Waals surface area contributed by atoms with E-state index in [2.05, 4.69) is 97.1 Å². The molecule has 6 aromatic rings. The Hall–Kier alpha value is -3.35. The summed E-state index contributed by atoms with van der Waals surface area (Å²) >= 11 is 7.36. The van der Waals surface area contributed by atoms with E-state index < -0.39 is 0 Å². The fraction of sp³-hybridized carbons (Fsp3) is 0.0690. The zero-order valence-corrected chi connectivity index (χ0v) is 22.2. The maximum Gasteiger partial charge on any atom is 0.161 e.